The molecule has 0 unspecified atom stereocenters. The number of ether oxygens (including phenoxy) is 1. The van der Waals surface area contributed by atoms with Gasteiger partial charge in [-0.05, 0) is 80.0 Å². The average molecular weight is 703 g/mol. The Kier molecular flexibility index (Phi) is 10.2. The van der Waals surface area contributed by atoms with E-state index in [2.05, 4.69) is 133 Å². The highest BCUT2D eigenvalue weighted by Gasteiger charge is 2.49. The normalized spacial score (nSPS) is 13.3. The SMILES string of the molecule is CC(C)[Si]1(C(C)C)c2cc(N(C)C)ccc2C(=CCCC(=O)NCc2ccc(COc3nc(N)nc4nc[nH]c34)cc2)c2ccc(N(C)C)cc21. The molecule has 3 heterocycles. The molecule has 1 amide bonds. The summed E-state index contributed by atoms with van der Waals surface area (Å²) >= 11 is 0. The number of carbonyl (C=O) groups excluding carboxylic acids is 1. The molecule has 51 heavy (non-hydrogen) atoms. The summed E-state index contributed by atoms with van der Waals surface area (Å²) in [5.74, 6) is 0.497. The molecule has 0 radical (unpaired) electrons. The number of benzene rings is 3. The summed E-state index contributed by atoms with van der Waals surface area (Å²) in [7, 11) is 6.25. The van der Waals surface area contributed by atoms with Gasteiger partial charge in [0.15, 0.2) is 5.65 Å². The van der Waals surface area contributed by atoms with Crippen LogP contribution in [-0.2, 0) is 17.9 Å². The molecular formula is C40H50N8O2Si. The first-order chi connectivity index (χ1) is 24.4. The average Bonchev–Trinajstić information content (AvgIpc) is 3.57. The third-order valence-corrected chi connectivity index (χ3v) is 16.5. The quantitative estimate of drug-likeness (QED) is 0.138. The van der Waals surface area contributed by atoms with Crippen LogP contribution in [0.15, 0.2) is 73.1 Å². The number of nitrogens with one attached hydrogen (secondary N) is 2. The van der Waals surface area contributed by atoms with Crippen molar-refractivity contribution in [2.24, 2.45) is 0 Å². The summed E-state index contributed by atoms with van der Waals surface area (Å²) in [5.41, 5.74) is 16.2. The van der Waals surface area contributed by atoms with E-state index in [0.29, 0.717) is 54.1 Å². The van der Waals surface area contributed by atoms with Crippen LogP contribution in [0.2, 0.25) is 11.1 Å². The molecule has 0 aliphatic carbocycles. The van der Waals surface area contributed by atoms with Gasteiger partial charge in [-0.2, -0.15) is 9.97 Å². The molecule has 266 valence electrons. The number of H-pyrrole nitrogens is 1. The van der Waals surface area contributed by atoms with E-state index in [0.717, 1.165) is 11.1 Å². The molecule has 3 aromatic carbocycles. The van der Waals surface area contributed by atoms with Gasteiger partial charge in [-0.1, -0.05) is 70.2 Å². The third kappa shape index (κ3) is 6.95. The number of hydrogen-bond acceptors (Lipinski definition) is 8. The van der Waals surface area contributed by atoms with Gasteiger partial charge in [0.25, 0.3) is 0 Å². The Hall–Kier alpha value is -5.16. The molecule has 0 saturated heterocycles. The Morgan fingerprint density at radius 2 is 1.47 bits per heavy atom. The first kappa shape index (κ1) is 35.7. The molecule has 0 saturated carbocycles. The Morgan fingerprint density at radius 3 is 2.04 bits per heavy atom. The van der Waals surface area contributed by atoms with Gasteiger partial charge < -0.3 is 30.6 Å². The molecule has 5 aromatic rings. The predicted molar refractivity (Wildman–Crippen MR) is 212 cm³/mol. The van der Waals surface area contributed by atoms with E-state index in [-0.39, 0.29) is 11.9 Å². The minimum Gasteiger partial charge on any atom is -0.471 e. The number of aromatic nitrogens is 4. The van der Waals surface area contributed by atoms with Crippen LogP contribution < -0.4 is 36.0 Å². The number of carbonyl (C=O) groups is 1. The molecule has 2 aromatic heterocycles. The molecular weight excluding hydrogens is 653 g/mol. The zero-order valence-electron chi connectivity index (χ0n) is 31.0. The second-order valence-corrected chi connectivity index (χ2v) is 19.6. The Balaban J connectivity index is 1.17. The van der Waals surface area contributed by atoms with Gasteiger partial charge >= 0.3 is 0 Å². The fourth-order valence-electron chi connectivity index (χ4n) is 7.66. The minimum absolute atomic E-state index is 0.0273. The van der Waals surface area contributed by atoms with Gasteiger partial charge in [-0.25, -0.2) is 4.98 Å². The number of anilines is 3. The highest BCUT2D eigenvalue weighted by atomic mass is 28.3. The number of amides is 1. The zero-order chi connectivity index (χ0) is 36.4. The van der Waals surface area contributed by atoms with Gasteiger partial charge in [-0.15, -0.1) is 0 Å². The fourth-order valence-corrected chi connectivity index (χ4v) is 13.9. The van der Waals surface area contributed by atoms with Gasteiger partial charge in [-0.3, -0.25) is 4.79 Å². The van der Waals surface area contributed by atoms with E-state index in [1.165, 1.54) is 44.8 Å². The van der Waals surface area contributed by atoms with E-state index >= 15 is 0 Å². The van der Waals surface area contributed by atoms with Crippen LogP contribution in [0.25, 0.3) is 16.7 Å². The summed E-state index contributed by atoms with van der Waals surface area (Å²) in [6, 6.07) is 22.0. The molecule has 4 N–H and O–H groups in total. The van der Waals surface area contributed by atoms with Crippen molar-refractivity contribution in [3.63, 3.8) is 0 Å². The van der Waals surface area contributed by atoms with Crippen LogP contribution in [0.4, 0.5) is 17.3 Å². The predicted octanol–water partition coefficient (Wildman–Crippen LogP) is 5.87. The van der Waals surface area contributed by atoms with Gasteiger partial charge in [0, 0.05) is 52.5 Å². The van der Waals surface area contributed by atoms with Gasteiger partial charge in [0.2, 0.25) is 17.7 Å². The first-order valence-corrected chi connectivity index (χ1v) is 19.8. The number of imidazole rings is 1. The summed E-state index contributed by atoms with van der Waals surface area (Å²) < 4.78 is 5.91. The maximum absolute atomic E-state index is 13.1. The van der Waals surface area contributed by atoms with E-state index in [1.807, 2.05) is 24.3 Å². The van der Waals surface area contributed by atoms with Crippen molar-refractivity contribution in [2.75, 3.05) is 43.7 Å². The number of fused-ring (bicyclic) bond motifs is 3. The number of allylic oxidation sites excluding steroid dienone is 1. The largest absolute Gasteiger partial charge is 0.471 e. The van der Waals surface area contributed by atoms with Crippen molar-refractivity contribution >= 4 is 58.4 Å². The van der Waals surface area contributed by atoms with Crippen LogP contribution in [0, 0.1) is 0 Å². The van der Waals surface area contributed by atoms with E-state index in [9.17, 15) is 4.79 Å². The number of nitrogens with two attached hydrogens (primary N) is 1. The highest BCUT2D eigenvalue weighted by Crippen LogP contribution is 2.42. The molecule has 0 fully saturated rings. The lowest BCUT2D eigenvalue weighted by Gasteiger charge is -2.47. The van der Waals surface area contributed by atoms with Crippen LogP contribution in [0.1, 0.15) is 62.8 Å². The van der Waals surface area contributed by atoms with Crippen molar-refractivity contribution in [3.05, 3.63) is 95.3 Å². The van der Waals surface area contributed by atoms with Crippen LogP contribution in [0.3, 0.4) is 0 Å². The van der Waals surface area contributed by atoms with Crippen LogP contribution in [0.5, 0.6) is 5.88 Å². The topological polar surface area (TPSA) is 125 Å². The zero-order valence-corrected chi connectivity index (χ0v) is 32.0. The molecule has 10 nitrogen and oxygen atoms in total. The molecule has 0 atom stereocenters. The summed E-state index contributed by atoms with van der Waals surface area (Å²) in [6.45, 7) is 10.4. The molecule has 0 spiro atoms. The lowest BCUT2D eigenvalue weighted by atomic mass is 9.94. The Bertz CT molecular complexity index is 2000. The Labute approximate surface area is 302 Å². The minimum atomic E-state index is -2.22. The summed E-state index contributed by atoms with van der Waals surface area (Å²) in [6.07, 6.45) is 4.88. The second-order valence-electron chi connectivity index (χ2n) is 14.5. The maximum atomic E-state index is 13.1. The highest BCUT2D eigenvalue weighted by molar-refractivity contribution is 7.05. The van der Waals surface area contributed by atoms with E-state index in [1.54, 1.807) is 0 Å². The molecule has 1 aliphatic heterocycles. The van der Waals surface area contributed by atoms with Crippen molar-refractivity contribution < 1.29 is 9.53 Å². The molecule has 11 heteroatoms. The standard InChI is InChI=1S/C40H50N8O2Si/c1-25(2)51(26(3)4)34-20-29(47(5)6)16-18-32(34)31(33-19-17-30(48(7)8)21-35(33)51)10-9-11-36(49)42-22-27-12-14-28(15-13-27)23-50-39-37-38(44-24-43-37)45-40(41)46-39/h10,12-21,24-26H,9,11,22-23H2,1-8H3,(H,42,49)(H3,41,43,44,45,46). The summed E-state index contributed by atoms with van der Waals surface area (Å²) in [4.78, 5) is 32.9. The van der Waals surface area contributed by atoms with Crippen LogP contribution in [-0.4, -0.2) is 62.1 Å². The maximum Gasteiger partial charge on any atom is 0.245 e. The third-order valence-electron chi connectivity index (χ3n) is 10.2. The number of nitrogen functional groups attached to an aromatic ring is 1. The smallest absolute Gasteiger partial charge is 0.245 e. The van der Waals surface area contributed by atoms with Crippen LogP contribution >= 0.6 is 0 Å². The summed E-state index contributed by atoms with van der Waals surface area (Å²) in [5, 5.41) is 6.12. The first-order valence-electron chi connectivity index (χ1n) is 17.7. The van der Waals surface area contributed by atoms with Gasteiger partial charge in [0.1, 0.15) is 20.2 Å². The lowest BCUT2D eigenvalue weighted by Crippen LogP contribution is -2.66. The van der Waals surface area contributed by atoms with Crippen molar-refractivity contribution in [2.45, 2.75) is 64.8 Å². The van der Waals surface area contributed by atoms with Crippen molar-refractivity contribution in [1.29, 1.82) is 0 Å². The fraction of sp³-hybridized carbons (Fsp3) is 0.350. The number of hydrogen-bond donors (Lipinski definition) is 3. The monoisotopic (exact) mass is 702 g/mol. The van der Waals surface area contributed by atoms with E-state index < -0.39 is 8.07 Å². The van der Waals surface area contributed by atoms with Crippen molar-refractivity contribution in [1.82, 2.24) is 25.3 Å². The van der Waals surface area contributed by atoms with E-state index in [4.69, 9.17) is 10.5 Å². The molecule has 1 aliphatic rings. The number of aromatic amines is 1. The van der Waals surface area contributed by atoms with Gasteiger partial charge in [0.05, 0.1) is 6.33 Å². The number of rotatable bonds is 12. The molecule has 0 bridgehead atoms. The lowest BCUT2D eigenvalue weighted by molar-refractivity contribution is -0.121. The number of nitrogens with zero attached hydrogens (tertiary/aromatic N) is 5. The van der Waals surface area contributed by atoms with Crippen molar-refractivity contribution in [3.8, 4) is 5.88 Å². The second kappa shape index (κ2) is 14.6. The Morgan fingerprint density at radius 1 is 0.882 bits per heavy atom. The molecule has 6 rings (SSSR count).